The molecule has 1 aliphatic heterocycles. The van der Waals surface area contributed by atoms with Crippen LogP contribution in [0.5, 0.6) is 5.75 Å². The third-order valence-electron chi connectivity index (χ3n) is 4.73. The topological polar surface area (TPSA) is 136 Å². The van der Waals surface area contributed by atoms with E-state index in [4.69, 9.17) is 10.5 Å². The average molecular weight is 384 g/mol. The highest BCUT2D eigenvalue weighted by Gasteiger charge is 2.48. The molecule has 1 heterocycles. The molecule has 1 saturated heterocycles. The van der Waals surface area contributed by atoms with Crippen molar-refractivity contribution in [2.45, 2.75) is 23.3 Å². The van der Waals surface area contributed by atoms with Gasteiger partial charge in [-0.3, -0.25) is 14.9 Å². The van der Waals surface area contributed by atoms with Crippen molar-refractivity contribution in [3.8, 4) is 5.75 Å². The van der Waals surface area contributed by atoms with Crippen molar-refractivity contribution in [3.63, 3.8) is 0 Å². The lowest BCUT2D eigenvalue weighted by Gasteiger charge is -2.35. The Hall–Kier alpha value is -2.24. The molecule has 0 atom stereocenters. The number of benzene rings is 1. The lowest BCUT2D eigenvalue weighted by Crippen LogP contribution is -2.55. The molecular weight excluding hydrogens is 364 g/mol. The number of hydrogen-bond donors (Lipinski definition) is 1. The van der Waals surface area contributed by atoms with Gasteiger partial charge in [0, 0.05) is 32.2 Å². The fourth-order valence-corrected chi connectivity index (χ4v) is 4.36. The molecule has 1 aromatic rings. The maximum atomic E-state index is 12.8. The first-order valence-corrected chi connectivity index (χ1v) is 9.54. The van der Waals surface area contributed by atoms with E-state index in [1.807, 2.05) is 0 Å². The molecule has 0 bridgehead atoms. The number of carbonyl (C=O) groups excluding carboxylic acids is 1. The first-order chi connectivity index (χ1) is 12.2. The quantitative estimate of drug-likeness (QED) is 0.554. The number of rotatable bonds is 5. The SMILES string of the molecule is COc1ccc(S(=O)(=O)N2CCN(C(=O)C3(N)CC3)CC2)cc1[N+](=O)[O-]. The third-order valence-corrected chi connectivity index (χ3v) is 6.62. The number of hydrogen-bond acceptors (Lipinski definition) is 7. The summed E-state index contributed by atoms with van der Waals surface area (Å²) >= 11 is 0. The van der Waals surface area contributed by atoms with Gasteiger partial charge in [0.05, 0.1) is 22.5 Å². The summed E-state index contributed by atoms with van der Waals surface area (Å²) in [5.74, 6) is -0.156. The summed E-state index contributed by atoms with van der Waals surface area (Å²) in [4.78, 5) is 24.1. The van der Waals surface area contributed by atoms with Crippen LogP contribution in [0, 0.1) is 10.1 Å². The smallest absolute Gasteiger partial charge is 0.312 e. The first kappa shape index (κ1) is 18.5. The molecular formula is C15H20N4O6S. The number of sulfonamides is 1. The molecule has 1 amide bonds. The van der Waals surface area contributed by atoms with Crippen LogP contribution in [0.15, 0.2) is 23.1 Å². The highest BCUT2D eigenvalue weighted by Crippen LogP contribution is 2.35. The van der Waals surface area contributed by atoms with Crippen LogP contribution in [0.1, 0.15) is 12.8 Å². The molecule has 1 aliphatic carbocycles. The van der Waals surface area contributed by atoms with Crippen LogP contribution in [0.25, 0.3) is 0 Å². The van der Waals surface area contributed by atoms with Gasteiger partial charge in [-0.1, -0.05) is 0 Å². The van der Waals surface area contributed by atoms with Crippen LogP contribution in [-0.4, -0.2) is 67.3 Å². The second-order valence-corrected chi connectivity index (χ2v) is 8.38. The van der Waals surface area contributed by atoms with Gasteiger partial charge in [-0.15, -0.1) is 0 Å². The Morgan fingerprint density at radius 3 is 2.38 bits per heavy atom. The predicted molar refractivity (Wildman–Crippen MR) is 91.1 cm³/mol. The minimum absolute atomic E-state index is 0.0120. The minimum atomic E-state index is -3.91. The number of carbonyl (C=O) groups is 1. The minimum Gasteiger partial charge on any atom is -0.490 e. The number of amides is 1. The molecule has 1 saturated carbocycles. The Morgan fingerprint density at radius 2 is 1.88 bits per heavy atom. The normalized spacial score (nSPS) is 19.8. The van der Waals surface area contributed by atoms with Gasteiger partial charge >= 0.3 is 5.69 Å². The predicted octanol–water partition coefficient (Wildman–Crippen LogP) is -0.0724. The molecule has 3 rings (SSSR count). The summed E-state index contributed by atoms with van der Waals surface area (Å²) in [6.45, 7) is 0.721. The number of nitro benzene ring substituents is 1. The van der Waals surface area contributed by atoms with E-state index in [2.05, 4.69) is 0 Å². The number of nitro groups is 1. The van der Waals surface area contributed by atoms with Crippen LogP contribution in [-0.2, 0) is 14.8 Å². The number of methoxy groups -OCH3 is 1. The second kappa shape index (κ2) is 6.49. The number of ether oxygens (including phenoxy) is 1. The van der Waals surface area contributed by atoms with Crippen molar-refractivity contribution in [2.75, 3.05) is 33.3 Å². The zero-order valence-electron chi connectivity index (χ0n) is 14.3. The van der Waals surface area contributed by atoms with E-state index in [-0.39, 0.29) is 42.7 Å². The Bertz CT molecular complexity index is 844. The Balaban J connectivity index is 1.76. The van der Waals surface area contributed by atoms with Gasteiger partial charge in [0.2, 0.25) is 15.9 Å². The van der Waals surface area contributed by atoms with Crippen molar-refractivity contribution in [3.05, 3.63) is 28.3 Å². The number of piperazine rings is 1. The lowest BCUT2D eigenvalue weighted by atomic mass is 10.2. The van der Waals surface area contributed by atoms with Crippen LogP contribution < -0.4 is 10.5 Å². The van der Waals surface area contributed by atoms with Crippen LogP contribution in [0.3, 0.4) is 0 Å². The molecule has 0 aromatic heterocycles. The van der Waals surface area contributed by atoms with E-state index in [0.29, 0.717) is 12.8 Å². The van der Waals surface area contributed by atoms with E-state index in [1.54, 1.807) is 4.90 Å². The van der Waals surface area contributed by atoms with E-state index in [9.17, 15) is 23.3 Å². The molecule has 2 aliphatic rings. The molecule has 0 unspecified atom stereocenters. The maximum absolute atomic E-state index is 12.8. The molecule has 1 aromatic carbocycles. The molecule has 11 heteroatoms. The third kappa shape index (κ3) is 3.24. The largest absolute Gasteiger partial charge is 0.490 e. The lowest BCUT2D eigenvalue weighted by molar-refractivity contribution is -0.386. The molecule has 0 radical (unpaired) electrons. The number of nitrogens with zero attached hydrogens (tertiary/aromatic N) is 3. The van der Waals surface area contributed by atoms with Crippen molar-refractivity contribution in [1.82, 2.24) is 9.21 Å². The van der Waals surface area contributed by atoms with Gasteiger partial charge in [0.25, 0.3) is 0 Å². The van der Waals surface area contributed by atoms with Crippen molar-refractivity contribution in [2.24, 2.45) is 5.73 Å². The standard InChI is InChI=1S/C15H20N4O6S/c1-25-13-3-2-11(10-12(13)19(21)22)26(23,24)18-8-6-17(7-9-18)14(20)15(16)4-5-15/h2-3,10H,4-9,16H2,1H3. The van der Waals surface area contributed by atoms with Gasteiger partial charge in [-0.25, -0.2) is 8.42 Å². The van der Waals surface area contributed by atoms with Gasteiger partial charge in [0.15, 0.2) is 5.75 Å². The zero-order valence-corrected chi connectivity index (χ0v) is 15.1. The highest BCUT2D eigenvalue weighted by atomic mass is 32.2. The van der Waals surface area contributed by atoms with Crippen LogP contribution in [0.2, 0.25) is 0 Å². The molecule has 26 heavy (non-hydrogen) atoms. The van der Waals surface area contributed by atoms with Crippen LogP contribution >= 0.6 is 0 Å². The van der Waals surface area contributed by atoms with Crippen molar-refractivity contribution < 1.29 is 22.9 Å². The maximum Gasteiger partial charge on any atom is 0.312 e. The Labute approximate surface area is 150 Å². The summed E-state index contributed by atoms with van der Waals surface area (Å²) in [5.41, 5.74) is 4.71. The molecule has 2 N–H and O–H groups in total. The summed E-state index contributed by atoms with van der Waals surface area (Å²) in [7, 11) is -2.63. The monoisotopic (exact) mass is 384 g/mol. The van der Waals surface area contributed by atoms with E-state index in [1.165, 1.54) is 23.5 Å². The first-order valence-electron chi connectivity index (χ1n) is 8.10. The molecule has 142 valence electrons. The zero-order chi connectivity index (χ0) is 19.1. The van der Waals surface area contributed by atoms with E-state index >= 15 is 0 Å². The summed E-state index contributed by atoms with van der Waals surface area (Å²) in [5, 5.41) is 11.1. The fourth-order valence-electron chi connectivity index (χ4n) is 2.92. The fraction of sp³-hybridized carbons (Fsp3) is 0.533. The van der Waals surface area contributed by atoms with E-state index < -0.39 is 26.2 Å². The summed E-state index contributed by atoms with van der Waals surface area (Å²) < 4.78 is 31.7. The van der Waals surface area contributed by atoms with Gasteiger partial charge in [-0.2, -0.15) is 4.31 Å². The van der Waals surface area contributed by atoms with E-state index in [0.717, 1.165) is 6.07 Å². The molecule has 10 nitrogen and oxygen atoms in total. The van der Waals surface area contributed by atoms with Crippen molar-refractivity contribution in [1.29, 1.82) is 0 Å². The summed E-state index contributed by atoms with van der Waals surface area (Å²) in [6.07, 6.45) is 1.31. The highest BCUT2D eigenvalue weighted by molar-refractivity contribution is 7.89. The van der Waals surface area contributed by atoms with Crippen molar-refractivity contribution >= 4 is 21.6 Å². The number of nitrogens with two attached hydrogens (primary N) is 1. The Morgan fingerprint density at radius 1 is 1.27 bits per heavy atom. The summed E-state index contributed by atoms with van der Waals surface area (Å²) in [6, 6.07) is 3.53. The van der Waals surface area contributed by atoms with Gasteiger partial charge in [0.1, 0.15) is 0 Å². The van der Waals surface area contributed by atoms with Gasteiger partial charge < -0.3 is 15.4 Å². The Kier molecular flexibility index (Phi) is 4.63. The molecule has 0 spiro atoms. The van der Waals surface area contributed by atoms with Gasteiger partial charge in [-0.05, 0) is 25.0 Å². The molecule has 2 fully saturated rings. The van der Waals surface area contributed by atoms with Crippen LogP contribution in [0.4, 0.5) is 5.69 Å². The second-order valence-electron chi connectivity index (χ2n) is 6.44. The average Bonchev–Trinajstić information content (AvgIpc) is 3.39.